The summed E-state index contributed by atoms with van der Waals surface area (Å²) in [5, 5.41) is 3.41. The number of aromatic nitrogens is 1. The first kappa shape index (κ1) is 27.3. The van der Waals surface area contributed by atoms with Gasteiger partial charge in [0.25, 0.3) is 16.0 Å². The molecule has 0 atom stereocenters. The van der Waals surface area contributed by atoms with E-state index in [4.69, 9.17) is 15.0 Å². The van der Waals surface area contributed by atoms with Crippen LogP contribution in [0.15, 0.2) is 24.4 Å². The highest BCUT2D eigenvalue weighted by Gasteiger charge is 2.18. The summed E-state index contributed by atoms with van der Waals surface area (Å²) < 4.78 is 46.6. The first-order chi connectivity index (χ1) is 14.9. The Bertz CT molecular complexity index is 1000. The predicted octanol–water partition coefficient (Wildman–Crippen LogP) is 4.20. The van der Waals surface area contributed by atoms with Crippen LogP contribution in [0.1, 0.15) is 55.7 Å². The summed E-state index contributed by atoms with van der Waals surface area (Å²) in [5.41, 5.74) is 7.81. The lowest BCUT2D eigenvalue weighted by Crippen LogP contribution is -2.12. The van der Waals surface area contributed by atoms with E-state index in [1.165, 1.54) is 12.3 Å². The van der Waals surface area contributed by atoms with E-state index >= 15 is 4.39 Å². The fourth-order valence-corrected chi connectivity index (χ4v) is 2.85. The highest BCUT2D eigenvalue weighted by atomic mass is 32.2. The lowest BCUT2D eigenvalue weighted by Gasteiger charge is -2.19. The van der Waals surface area contributed by atoms with E-state index in [0.717, 1.165) is 30.6 Å². The molecule has 10 heteroatoms. The number of carbonyl (C=O) groups is 1. The van der Waals surface area contributed by atoms with Crippen molar-refractivity contribution < 1.29 is 26.9 Å². The quantitative estimate of drug-likeness (QED) is 0.469. The van der Waals surface area contributed by atoms with Crippen LogP contribution in [0.2, 0.25) is 0 Å². The van der Waals surface area contributed by atoms with Crippen LogP contribution in [-0.2, 0) is 23.0 Å². The van der Waals surface area contributed by atoms with E-state index in [9.17, 15) is 13.2 Å². The number of benzene rings is 1. The Morgan fingerprint density at radius 3 is 2.34 bits per heavy atom. The summed E-state index contributed by atoms with van der Waals surface area (Å²) in [6.07, 6.45) is 4.41. The van der Waals surface area contributed by atoms with Crippen molar-refractivity contribution in [1.82, 2.24) is 4.98 Å². The number of hydrogen-bond donors (Lipinski definition) is 3. The van der Waals surface area contributed by atoms with E-state index in [1.807, 2.05) is 13.8 Å². The van der Waals surface area contributed by atoms with Crippen molar-refractivity contribution in [3.8, 4) is 11.5 Å². The van der Waals surface area contributed by atoms with Gasteiger partial charge in [0.15, 0.2) is 11.6 Å². The smallest absolute Gasteiger partial charge is 0.267 e. The van der Waals surface area contributed by atoms with Gasteiger partial charge in [-0.05, 0) is 48.9 Å². The molecule has 0 unspecified atom stereocenters. The van der Waals surface area contributed by atoms with E-state index in [0.29, 0.717) is 29.9 Å². The van der Waals surface area contributed by atoms with Gasteiger partial charge in [0, 0.05) is 17.8 Å². The van der Waals surface area contributed by atoms with Crippen LogP contribution in [0, 0.1) is 11.7 Å². The first-order valence-corrected chi connectivity index (χ1v) is 12.2. The molecule has 32 heavy (non-hydrogen) atoms. The van der Waals surface area contributed by atoms with Crippen LogP contribution in [0.5, 0.6) is 11.5 Å². The summed E-state index contributed by atoms with van der Waals surface area (Å²) in [7, 11) is -3.67. The Kier molecular flexibility index (Phi) is 10.5. The molecule has 178 valence electrons. The van der Waals surface area contributed by atoms with Crippen molar-refractivity contribution in [2.24, 2.45) is 11.7 Å². The third-order valence-corrected chi connectivity index (χ3v) is 4.38. The average molecular weight is 470 g/mol. The average Bonchev–Trinajstić information content (AvgIpc) is 2.69. The summed E-state index contributed by atoms with van der Waals surface area (Å²) >= 11 is 0. The van der Waals surface area contributed by atoms with Gasteiger partial charge in [-0.3, -0.25) is 9.35 Å². The van der Waals surface area contributed by atoms with Gasteiger partial charge in [-0.25, -0.2) is 9.37 Å². The summed E-state index contributed by atoms with van der Waals surface area (Å²) in [6.45, 7) is 9.10. The Morgan fingerprint density at radius 2 is 1.91 bits per heavy atom. The molecule has 0 aliphatic heterocycles. The number of nitrogens with zero attached hydrogens (tertiary/aromatic N) is 1. The molecule has 0 bridgehead atoms. The lowest BCUT2D eigenvalue weighted by atomic mass is 10.0. The van der Waals surface area contributed by atoms with Crippen molar-refractivity contribution in [3.05, 3.63) is 47.0 Å². The largest absolute Gasteiger partial charge is 0.453 e. The highest BCUT2D eigenvalue weighted by Crippen LogP contribution is 2.35. The Hall–Kier alpha value is -2.72. The first-order valence-electron chi connectivity index (χ1n) is 10.3. The van der Waals surface area contributed by atoms with Gasteiger partial charge in [0.2, 0.25) is 0 Å². The number of rotatable bonds is 9. The number of pyridine rings is 1. The molecule has 1 amide bonds. The fourth-order valence-electron chi connectivity index (χ4n) is 2.85. The van der Waals surface area contributed by atoms with Gasteiger partial charge >= 0.3 is 0 Å². The molecular weight excluding hydrogens is 437 g/mol. The second-order valence-electron chi connectivity index (χ2n) is 7.60. The number of amides is 1. The highest BCUT2D eigenvalue weighted by molar-refractivity contribution is 7.85. The van der Waals surface area contributed by atoms with Gasteiger partial charge in [-0.2, -0.15) is 8.42 Å². The van der Waals surface area contributed by atoms with Gasteiger partial charge in [-0.1, -0.05) is 27.7 Å². The SMILES string of the molecule is CCc1cc(Oc2ccc(C(N)=O)nc2)c(F)c(CC)c1NCCC(C)C.CS(=O)(=O)O. The number of primary amides is 1. The van der Waals surface area contributed by atoms with Gasteiger partial charge in [0.05, 0.1) is 12.5 Å². The molecule has 0 aliphatic rings. The lowest BCUT2D eigenvalue weighted by molar-refractivity contribution is 0.0995. The summed E-state index contributed by atoms with van der Waals surface area (Å²) in [6, 6.07) is 4.74. The van der Waals surface area contributed by atoms with Crippen LogP contribution >= 0.6 is 0 Å². The number of aryl methyl sites for hydroxylation is 1. The molecule has 1 aromatic heterocycles. The molecular formula is C22H32FN3O5S. The van der Waals surface area contributed by atoms with Crippen molar-refractivity contribution >= 4 is 21.7 Å². The standard InChI is InChI=1S/C21H28FN3O2.CH4O3S/c1-5-14-11-18(27-15-7-8-17(21(23)26)25-12-15)19(22)16(6-2)20(14)24-10-9-13(3)4;1-5(2,3)4/h7-8,11-13,24H,5-6,9-10H2,1-4H3,(H2,23,26);1H3,(H,2,3,4). The molecule has 0 saturated heterocycles. The fraction of sp³-hybridized carbons (Fsp3) is 0.455. The number of nitrogens with one attached hydrogen (secondary N) is 1. The van der Waals surface area contributed by atoms with Crippen molar-refractivity contribution in [2.45, 2.75) is 47.0 Å². The van der Waals surface area contributed by atoms with Crippen LogP contribution in [0.3, 0.4) is 0 Å². The Morgan fingerprint density at radius 1 is 1.28 bits per heavy atom. The van der Waals surface area contributed by atoms with Crippen molar-refractivity contribution in [3.63, 3.8) is 0 Å². The van der Waals surface area contributed by atoms with Crippen molar-refractivity contribution in [1.29, 1.82) is 0 Å². The van der Waals surface area contributed by atoms with E-state index in [1.54, 1.807) is 12.1 Å². The third kappa shape index (κ3) is 9.19. The minimum atomic E-state index is -3.67. The Labute approximate surface area is 189 Å². The maximum atomic E-state index is 15.1. The number of hydrogen-bond acceptors (Lipinski definition) is 6. The van der Waals surface area contributed by atoms with Crippen LogP contribution < -0.4 is 15.8 Å². The van der Waals surface area contributed by atoms with Gasteiger partial charge in [0.1, 0.15) is 11.4 Å². The zero-order valence-electron chi connectivity index (χ0n) is 19.1. The van der Waals surface area contributed by atoms with E-state index < -0.39 is 16.0 Å². The normalized spacial score (nSPS) is 11.0. The second kappa shape index (κ2) is 12.4. The van der Waals surface area contributed by atoms with Crippen LogP contribution in [0.4, 0.5) is 10.1 Å². The zero-order valence-corrected chi connectivity index (χ0v) is 19.9. The maximum absolute atomic E-state index is 15.1. The molecule has 0 saturated carbocycles. The maximum Gasteiger partial charge on any atom is 0.267 e. The van der Waals surface area contributed by atoms with Gasteiger partial charge in [-0.15, -0.1) is 0 Å². The number of carbonyl (C=O) groups excluding carboxylic acids is 1. The predicted molar refractivity (Wildman–Crippen MR) is 123 cm³/mol. The summed E-state index contributed by atoms with van der Waals surface area (Å²) in [4.78, 5) is 15.0. The molecule has 0 spiro atoms. The van der Waals surface area contributed by atoms with E-state index in [-0.39, 0.29) is 17.3 Å². The minimum absolute atomic E-state index is 0.135. The van der Waals surface area contributed by atoms with Crippen LogP contribution in [0.25, 0.3) is 0 Å². The van der Waals surface area contributed by atoms with Gasteiger partial charge < -0.3 is 15.8 Å². The Balaban J connectivity index is 0.000000920. The van der Waals surface area contributed by atoms with Crippen molar-refractivity contribution in [2.75, 3.05) is 18.1 Å². The molecule has 0 fully saturated rings. The topological polar surface area (TPSA) is 132 Å². The molecule has 1 heterocycles. The molecule has 0 radical (unpaired) electrons. The monoisotopic (exact) mass is 469 g/mol. The number of ether oxygens (including phenoxy) is 1. The second-order valence-corrected chi connectivity index (χ2v) is 9.06. The number of nitrogens with two attached hydrogens (primary N) is 1. The van der Waals surface area contributed by atoms with E-state index in [2.05, 4.69) is 24.1 Å². The zero-order chi connectivity index (χ0) is 24.5. The molecule has 2 aromatic rings. The van der Waals surface area contributed by atoms with Crippen LogP contribution in [-0.4, -0.2) is 36.7 Å². The molecule has 1 aromatic carbocycles. The number of halogens is 1. The number of anilines is 1. The summed E-state index contributed by atoms with van der Waals surface area (Å²) in [5.74, 6) is 0.0954. The third-order valence-electron chi connectivity index (χ3n) is 4.38. The molecule has 4 N–H and O–H groups in total. The molecule has 8 nitrogen and oxygen atoms in total. The minimum Gasteiger partial charge on any atom is -0.453 e. The molecule has 2 rings (SSSR count). The molecule has 0 aliphatic carbocycles.